The molecule has 0 bridgehead atoms. The molecule has 172 valence electrons. The minimum absolute atomic E-state index is 0.0973. The molecule has 0 spiro atoms. The Kier molecular flexibility index (Phi) is 5.01. The normalized spacial score (nSPS) is 17.6. The van der Waals surface area contributed by atoms with Gasteiger partial charge in [0.1, 0.15) is 29.1 Å². The lowest BCUT2D eigenvalue weighted by atomic mass is 9.98. The number of aliphatic hydroxyl groups is 1. The summed E-state index contributed by atoms with van der Waals surface area (Å²) in [6, 6.07) is 13.3. The number of aromatic nitrogens is 2. The number of ether oxygens (including phenoxy) is 1. The number of imidazole rings is 1. The number of anilines is 1. The van der Waals surface area contributed by atoms with Crippen molar-refractivity contribution >= 4 is 34.4 Å². The second-order valence-corrected chi connectivity index (χ2v) is 8.40. The number of hydrogen-bond acceptors (Lipinski definition) is 6. The SMILES string of the molecule is COc1ccc(C)cc1/C(O)=C1\C(=O)C(=O)N(c2nc3ccc(C)cc3[nH]2)C1c1ccc(C)o1. The van der Waals surface area contributed by atoms with E-state index in [1.807, 2.05) is 38.1 Å². The third kappa shape index (κ3) is 3.35. The smallest absolute Gasteiger partial charge is 0.302 e. The molecule has 1 aliphatic heterocycles. The van der Waals surface area contributed by atoms with Crippen molar-refractivity contribution in [3.8, 4) is 5.75 Å². The lowest BCUT2D eigenvalue weighted by Crippen LogP contribution is -2.30. The monoisotopic (exact) mass is 457 g/mol. The molecule has 2 aromatic heterocycles. The van der Waals surface area contributed by atoms with Crippen molar-refractivity contribution < 1.29 is 23.8 Å². The number of rotatable bonds is 4. The molecule has 1 atom stereocenters. The number of hydrogen-bond donors (Lipinski definition) is 2. The Morgan fingerprint density at radius 3 is 2.50 bits per heavy atom. The predicted molar refractivity (Wildman–Crippen MR) is 127 cm³/mol. The number of fused-ring (bicyclic) bond motifs is 1. The Morgan fingerprint density at radius 1 is 1.06 bits per heavy atom. The molecule has 5 rings (SSSR count). The van der Waals surface area contributed by atoms with E-state index >= 15 is 0 Å². The van der Waals surface area contributed by atoms with Crippen LogP contribution in [-0.4, -0.2) is 33.9 Å². The Labute approximate surface area is 195 Å². The van der Waals surface area contributed by atoms with Crippen LogP contribution in [0.3, 0.4) is 0 Å². The molecular formula is C26H23N3O5. The van der Waals surface area contributed by atoms with Crippen LogP contribution >= 0.6 is 0 Å². The number of methoxy groups -OCH3 is 1. The molecular weight excluding hydrogens is 434 g/mol. The third-order valence-corrected chi connectivity index (χ3v) is 5.94. The van der Waals surface area contributed by atoms with Crippen LogP contribution in [0.25, 0.3) is 16.8 Å². The van der Waals surface area contributed by atoms with Crippen LogP contribution < -0.4 is 9.64 Å². The van der Waals surface area contributed by atoms with Gasteiger partial charge in [0.25, 0.3) is 5.78 Å². The summed E-state index contributed by atoms with van der Waals surface area (Å²) >= 11 is 0. The highest BCUT2D eigenvalue weighted by Crippen LogP contribution is 2.43. The number of carbonyl (C=O) groups excluding carboxylic acids is 2. The Hall–Kier alpha value is -4.33. The van der Waals surface area contributed by atoms with Gasteiger partial charge in [0.15, 0.2) is 0 Å². The van der Waals surface area contributed by atoms with E-state index in [0.717, 1.165) is 16.6 Å². The molecule has 2 aromatic carbocycles. The molecule has 2 N–H and O–H groups in total. The van der Waals surface area contributed by atoms with E-state index < -0.39 is 17.7 Å². The molecule has 0 saturated carbocycles. The Bertz CT molecular complexity index is 1490. The van der Waals surface area contributed by atoms with Crippen LogP contribution in [0.5, 0.6) is 5.75 Å². The number of aryl methyl sites for hydroxylation is 3. The number of nitrogens with one attached hydrogen (secondary N) is 1. The fraction of sp³-hybridized carbons (Fsp3) is 0.192. The quantitative estimate of drug-likeness (QED) is 0.261. The number of carbonyl (C=O) groups is 2. The molecule has 1 unspecified atom stereocenters. The minimum Gasteiger partial charge on any atom is -0.507 e. The number of aliphatic hydroxyl groups excluding tert-OH is 1. The first-order chi connectivity index (χ1) is 16.3. The van der Waals surface area contributed by atoms with Gasteiger partial charge in [0, 0.05) is 0 Å². The molecule has 0 radical (unpaired) electrons. The first kappa shape index (κ1) is 21.5. The van der Waals surface area contributed by atoms with E-state index in [1.165, 1.54) is 12.0 Å². The van der Waals surface area contributed by atoms with Crippen molar-refractivity contribution in [2.45, 2.75) is 26.8 Å². The summed E-state index contributed by atoms with van der Waals surface area (Å²) in [5.74, 6) is -0.484. The van der Waals surface area contributed by atoms with Gasteiger partial charge in [-0.1, -0.05) is 17.7 Å². The Balaban J connectivity index is 1.75. The van der Waals surface area contributed by atoms with Crippen LogP contribution in [0.4, 0.5) is 5.95 Å². The molecule has 1 fully saturated rings. The van der Waals surface area contributed by atoms with E-state index in [9.17, 15) is 14.7 Å². The van der Waals surface area contributed by atoms with Gasteiger partial charge in [-0.05, 0) is 62.7 Å². The van der Waals surface area contributed by atoms with Crippen molar-refractivity contribution in [2.24, 2.45) is 0 Å². The highest BCUT2D eigenvalue weighted by molar-refractivity contribution is 6.51. The van der Waals surface area contributed by atoms with E-state index in [2.05, 4.69) is 9.97 Å². The fourth-order valence-electron chi connectivity index (χ4n) is 4.30. The van der Waals surface area contributed by atoms with Crippen LogP contribution in [0, 0.1) is 20.8 Å². The highest BCUT2D eigenvalue weighted by atomic mass is 16.5. The molecule has 3 heterocycles. The van der Waals surface area contributed by atoms with E-state index in [1.54, 1.807) is 31.2 Å². The van der Waals surface area contributed by atoms with Crippen molar-refractivity contribution in [3.63, 3.8) is 0 Å². The van der Waals surface area contributed by atoms with Crippen LogP contribution in [0.15, 0.2) is 58.5 Å². The molecule has 1 aliphatic rings. The zero-order valence-corrected chi connectivity index (χ0v) is 19.2. The van der Waals surface area contributed by atoms with Gasteiger partial charge in [-0.2, -0.15) is 0 Å². The number of amides is 1. The second-order valence-electron chi connectivity index (χ2n) is 8.40. The maximum Gasteiger partial charge on any atom is 0.302 e. The second kappa shape index (κ2) is 7.91. The van der Waals surface area contributed by atoms with E-state index in [4.69, 9.17) is 9.15 Å². The van der Waals surface area contributed by atoms with E-state index in [-0.39, 0.29) is 17.3 Å². The minimum atomic E-state index is -1.01. The van der Waals surface area contributed by atoms with Crippen molar-refractivity contribution in [1.82, 2.24) is 9.97 Å². The lowest BCUT2D eigenvalue weighted by Gasteiger charge is -2.21. The number of nitrogens with zero attached hydrogens (tertiary/aromatic N) is 2. The standard InChI is InChI=1S/C26H23N3O5/c1-13-6-9-19(33-4)16(11-13)23(30)21-22(20-10-7-15(3)34-20)29(25(32)24(21)31)26-27-17-8-5-14(2)12-18(17)28-26/h5-12,22,30H,1-4H3,(H,27,28)/b23-21+. The summed E-state index contributed by atoms with van der Waals surface area (Å²) in [4.78, 5) is 35.5. The van der Waals surface area contributed by atoms with Crippen molar-refractivity contribution in [1.29, 1.82) is 0 Å². The fourth-order valence-corrected chi connectivity index (χ4v) is 4.30. The average molecular weight is 457 g/mol. The summed E-state index contributed by atoms with van der Waals surface area (Å²) in [5.41, 5.74) is 3.47. The topological polar surface area (TPSA) is 109 Å². The number of Topliss-reactive ketones (excluding diaryl/α,β-unsaturated/α-hetero) is 1. The van der Waals surface area contributed by atoms with Crippen molar-refractivity contribution in [3.05, 3.63) is 82.3 Å². The van der Waals surface area contributed by atoms with Crippen molar-refractivity contribution in [2.75, 3.05) is 12.0 Å². The zero-order valence-electron chi connectivity index (χ0n) is 19.2. The molecule has 0 aliphatic carbocycles. The predicted octanol–water partition coefficient (Wildman–Crippen LogP) is 4.72. The largest absolute Gasteiger partial charge is 0.507 e. The number of aromatic amines is 1. The first-order valence-electron chi connectivity index (χ1n) is 10.8. The molecule has 8 nitrogen and oxygen atoms in total. The van der Waals surface area contributed by atoms with E-state index in [0.29, 0.717) is 28.4 Å². The van der Waals surface area contributed by atoms with Crippen LogP contribution in [0.1, 0.15) is 34.3 Å². The van der Waals surface area contributed by atoms with Gasteiger partial charge >= 0.3 is 5.91 Å². The van der Waals surface area contributed by atoms with Gasteiger partial charge in [0.05, 0.1) is 29.3 Å². The number of H-pyrrole nitrogens is 1. The number of furan rings is 1. The van der Waals surface area contributed by atoms with Gasteiger partial charge in [-0.15, -0.1) is 0 Å². The zero-order chi connectivity index (χ0) is 24.1. The summed E-state index contributed by atoms with van der Waals surface area (Å²) in [5, 5.41) is 11.4. The molecule has 1 saturated heterocycles. The van der Waals surface area contributed by atoms with Gasteiger partial charge in [-0.25, -0.2) is 4.98 Å². The maximum absolute atomic E-state index is 13.3. The summed E-state index contributed by atoms with van der Waals surface area (Å²) in [6.45, 7) is 5.58. The molecule has 34 heavy (non-hydrogen) atoms. The van der Waals surface area contributed by atoms with Crippen LogP contribution in [0.2, 0.25) is 0 Å². The van der Waals surface area contributed by atoms with Gasteiger partial charge in [0.2, 0.25) is 5.95 Å². The van der Waals surface area contributed by atoms with Gasteiger partial charge < -0.3 is 19.2 Å². The number of benzene rings is 2. The summed E-state index contributed by atoms with van der Waals surface area (Å²) < 4.78 is 11.2. The summed E-state index contributed by atoms with van der Waals surface area (Å²) in [7, 11) is 1.48. The first-order valence-corrected chi connectivity index (χ1v) is 10.8. The molecule has 4 aromatic rings. The maximum atomic E-state index is 13.3. The average Bonchev–Trinajstić information content (AvgIpc) is 3.49. The molecule has 8 heteroatoms. The number of ketones is 1. The third-order valence-electron chi connectivity index (χ3n) is 5.94. The molecule has 1 amide bonds. The van der Waals surface area contributed by atoms with Crippen LogP contribution in [-0.2, 0) is 9.59 Å². The van der Waals surface area contributed by atoms with Gasteiger partial charge in [-0.3, -0.25) is 14.5 Å². The summed E-state index contributed by atoms with van der Waals surface area (Å²) in [6.07, 6.45) is 0. The lowest BCUT2D eigenvalue weighted by molar-refractivity contribution is -0.132. The highest BCUT2D eigenvalue weighted by Gasteiger charge is 2.49. The Morgan fingerprint density at radius 2 is 1.79 bits per heavy atom.